The van der Waals surface area contributed by atoms with Crippen molar-refractivity contribution >= 4 is 11.6 Å². The predicted octanol–water partition coefficient (Wildman–Crippen LogP) is 2.45. The molecule has 0 saturated carbocycles. The number of aryl methyl sites for hydroxylation is 1. The maximum Gasteiger partial charge on any atom is 0.256 e. The molecular weight excluding hydrogens is 256 g/mol. The maximum atomic E-state index is 12.4. The molecule has 0 saturated heterocycles. The van der Waals surface area contributed by atoms with E-state index in [1.165, 1.54) is 0 Å². The van der Waals surface area contributed by atoms with E-state index >= 15 is 0 Å². The van der Waals surface area contributed by atoms with Crippen LogP contribution in [0.5, 0.6) is 5.75 Å². The van der Waals surface area contributed by atoms with E-state index in [0.717, 1.165) is 11.5 Å². The number of amides is 1. The van der Waals surface area contributed by atoms with E-state index in [-0.39, 0.29) is 5.91 Å². The quantitative estimate of drug-likeness (QED) is 0.869. The van der Waals surface area contributed by atoms with E-state index in [4.69, 9.17) is 14.9 Å². The van der Waals surface area contributed by atoms with Gasteiger partial charge in [0.15, 0.2) is 0 Å². The fraction of sp³-hybridized carbons (Fsp3) is 0.267. The Balaban J connectivity index is 2.17. The van der Waals surface area contributed by atoms with E-state index in [0.29, 0.717) is 23.5 Å². The third-order valence-corrected chi connectivity index (χ3v) is 3.03. The van der Waals surface area contributed by atoms with Crippen LogP contribution in [0.3, 0.4) is 0 Å². The highest BCUT2D eigenvalue weighted by Gasteiger charge is 2.17. The molecular formula is C15H18N2O3. The molecule has 2 rings (SSSR count). The number of ether oxygens (including phenoxy) is 1. The van der Waals surface area contributed by atoms with Crippen LogP contribution in [0, 0.1) is 6.92 Å². The van der Waals surface area contributed by atoms with Gasteiger partial charge in [-0.1, -0.05) is 0 Å². The van der Waals surface area contributed by atoms with Crippen molar-refractivity contribution in [3.05, 3.63) is 47.4 Å². The first-order chi connectivity index (χ1) is 9.51. The first-order valence-electron chi connectivity index (χ1n) is 6.25. The third-order valence-electron chi connectivity index (χ3n) is 3.03. The van der Waals surface area contributed by atoms with Gasteiger partial charge in [-0.2, -0.15) is 0 Å². The average Bonchev–Trinajstić information content (AvgIpc) is 2.84. The van der Waals surface area contributed by atoms with Crippen LogP contribution >= 0.6 is 0 Å². The fourth-order valence-electron chi connectivity index (χ4n) is 1.93. The first kappa shape index (κ1) is 14.0. The van der Waals surface area contributed by atoms with Gasteiger partial charge in [-0.3, -0.25) is 4.79 Å². The SMILES string of the molecule is COc1ccc(N)c(C(=O)N(C)Cc2ccc(C)o2)c1. The van der Waals surface area contributed by atoms with E-state index in [1.807, 2.05) is 19.1 Å². The molecule has 0 aliphatic rings. The molecule has 1 amide bonds. The lowest BCUT2D eigenvalue weighted by Gasteiger charge is -2.17. The first-order valence-corrected chi connectivity index (χ1v) is 6.25. The summed E-state index contributed by atoms with van der Waals surface area (Å²) in [6.45, 7) is 2.26. The van der Waals surface area contributed by atoms with Gasteiger partial charge in [-0.05, 0) is 37.3 Å². The van der Waals surface area contributed by atoms with Gasteiger partial charge in [0.05, 0.1) is 19.2 Å². The fourth-order valence-corrected chi connectivity index (χ4v) is 1.93. The van der Waals surface area contributed by atoms with Gasteiger partial charge in [0.1, 0.15) is 17.3 Å². The number of carbonyl (C=O) groups is 1. The summed E-state index contributed by atoms with van der Waals surface area (Å²) in [5, 5.41) is 0. The Kier molecular flexibility index (Phi) is 3.98. The van der Waals surface area contributed by atoms with Gasteiger partial charge in [-0.15, -0.1) is 0 Å². The number of nitrogen functional groups attached to an aromatic ring is 1. The van der Waals surface area contributed by atoms with Crippen molar-refractivity contribution in [2.75, 3.05) is 19.9 Å². The number of hydrogen-bond donors (Lipinski definition) is 1. The number of hydrogen-bond acceptors (Lipinski definition) is 4. The normalized spacial score (nSPS) is 10.3. The van der Waals surface area contributed by atoms with E-state index < -0.39 is 0 Å². The number of nitrogens with zero attached hydrogens (tertiary/aromatic N) is 1. The molecule has 5 heteroatoms. The van der Waals surface area contributed by atoms with Crippen LogP contribution in [-0.4, -0.2) is 25.0 Å². The zero-order valence-electron chi connectivity index (χ0n) is 11.8. The van der Waals surface area contributed by atoms with Gasteiger partial charge in [0, 0.05) is 12.7 Å². The molecule has 0 atom stereocenters. The Hall–Kier alpha value is -2.43. The Morgan fingerprint density at radius 3 is 2.70 bits per heavy atom. The molecule has 20 heavy (non-hydrogen) atoms. The molecule has 2 aromatic rings. The Bertz CT molecular complexity index is 619. The van der Waals surface area contributed by atoms with E-state index in [9.17, 15) is 4.79 Å². The van der Waals surface area contributed by atoms with Crippen LogP contribution in [0.15, 0.2) is 34.7 Å². The lowest BCUT2D eigenvalue weighted by molar-refractivity contribution is 0.0775. The summed E-state index contributed by atoms with van der Waals surface area (Å²) in [6, 6.07) is 8.75. The van der Waals surface area contributed by atoms with Crippen molar-refractivity contribution in [2.45, 2.75) is 13.5 Å². The molecule has 0 fully saturated rings. The Morgan fingerprint density at radius 1 is 1.35 bits per heavy atom. The van der Waals surface area contributed by atoms with E-state index in [2.05, 4.69) is 0 Å². The smallest absolute Gasteiger partial charge is 0.256 e. The molecule has 1 aromatic heterocycles. The summed E-state index contributed by atoms with van der Waals surface area (Å²) in [6.07, 6.45) is 0. The molecule has 0 spiro atoms. The maximum absolute atomic E-state index is 12.4. The van der Waals surface area contributed by atoms with Crippen molar-refractivity contribution < 1.29 is 13.9 Å². The van der Waals surface area contributed by atoms with Gasteiger partial charge >= 0.3 is 0 Å². The van der Waals surface area contributed by atoms with Crippen molar-refractivity contribution in [3.63, 3.8) is 0 Å². The topological polar surface area (TPSA) is 68.7 Å². The lowest BCUT2D eigenvalue weighted by Crippen LogP contribution is -2.26. The van der Waals surface area contributed by atoms with Crippen molar-refractivity contribution in [2.24, 2.45) is 0 Å². The largest absolute Gasteiger partial charge is 0.497 e. The Labute approximate surface area is 117 Å². The molecule has 106 valence electrons. The minimum atomic E-state index is -0.171. The average molecular weight is 274 g/mol. The van der Waals surface area contributed by atoms with Crippen molar-refractivity contribution in [1.82, 2.24) is 4.90 Å². The summed E-state index contributed by atoms with van der Waals surface area (Å²) in [5.74, 6) is 1.99. The summed E-state index contributed by atoms with van der Waals surface area (Å²) in [7, 11) is 3.26. The third kappa shape index (κ3) is 2.93. The van der Waals surface area contributed by atoms with Crippen LogP contribution in [0.1, 0.15) is 21.9 Å². The second kappa shape index (κ2) is 5.69. The van der Waals surface area contributed by atoms with Crippen LogP contribution < -0.4 is 10.5 Å². The van der Waals surface area contributed by atoms with Gasteiger partial charge < -0.3 is 19.8 Å². The lowest BCUT2D eigenvalue weighted by atomic mass is 10.1. The van der Waals surface area contributed by atoms with Crippen LogP contribution in [0.2, 0.25) is 0 Å². The Morgan fingerprint density at radius 2 is 2.10 bits per heavy atom. The minimum Gasteiger partial charge on any atom is -0.497 e. The molecule has 1 aromatic carbocycles. The van der Waals surface area contributed by atoms with Gasteiger partial charge in [0.2, 0.25) is 0 Å². The summed E-state index contributed by atoms with van der Waals surface area (Å²) in [4.78, 5) is 14.0. The zero-order valence-corrected chi connectivity index (χ0v) is 11.8. The highest BCUT2D eigenvalue weighted by molar-refractivity contribution is 5.99. The van der Waals surface area contributed by atoms with E-state index in [1.54, 1.807) is 37.3 Å². The summed E-state index contributed by atoms with van der Waals surface area (Å²) in [5.41, 5.74) is 6.71. The summed E-state index contributed by atoms with van der Waals surface area (Å²) >= 11 is 0. The molecule has 0 aliphatic heterocycles. The highest BCUT2D eigenvalue weighted by atomic mass is 16.5. The molecule has 0 bridgehead atoms. The van der Waals surface area contributed by atoms with Gasteiger partial charge in [0.25, 0.3) is 5.91 Å². The molecule has 0 radical (unpaired) electrons. The number of furan rings is 1. The van der Waals surface area contributed by atoms with Crippen LogP contribution in [-0.2, 0) is 6.54 Å². The van der Waals surface area contributed by atoms with Gasteiger partial charge in [-0.25, -0.2) is 0 Å². The number of methoxy groups -OCH3 is 1. The van der Waals surface area contributed by atoms with Crippen LogP contribution in [0.4, 0.5) is 5.69 Å². The number of rotatable bonds is 4. The molecule has 2 N–H and O–H groups in total. The standard InChI is InChI=1S/C15H18N2O3/c1-10-4-5-12(20-10)9-17(2)15(18)13-8-11(19-3)6-7-14(13)16/h4-8H,9,16H2,1-3H3. The van der Waals surface area contributed by atoms with Crippen molar-refractivity contribution in [1.29, 1.82) is 0 Å². The monoisotopic (exact) mass is 274 g/mol. The number of nitrogens with two attached hydrogens (primary N) is 1. The van der Waals surface area contributed by atoms with Crippen LogP contribution in [0.25, 0.3) is 0 Å². The molecule has 1 heterocycles. The summed E-state index contributed by atoms with van der Waals surface area (Å²) < 4.78 is 10.6. The minimum absolute atomic E-state index is 0.171. The second-order valence-corrected chi connectivity index (χ2v) is 4.63. The molecule has 0 aliphatic carbocycles. The number of carbonyl (C=O) groups excluding carboxylic acids is 1. The molecule has 5 nitrogen and oxygen atoms in total. The predicted molar refractivity (Wildman–Crippen MR) is 76.6 cm³/mol. The van der Waals surface area contributed by atoms with Crippen molar-refractivity contribution in [3.8, 4) is 5.75 Å². The number of benzene rings is 1. The molecule has 0 unspecified atom stereocenters. The highest BCUT2D eigenvalue weighted by Crippen LogP contribution is 2.21. The zero-order chi connectivity index (χ0) is 14.7. The second-order valence-electron chi connectivity index (χ2n) is 4.63. The number of anilines is 1.